The molecule has 0 bridgehead atoms. The molecule has 0 spiro atoms. The zero-order valence-electron chi connectivity index (χ0n) is 24.8. The first-order chi connectivity index (χ1) is 19.8. The molecule has 1 saturated carbocycles. The Bertz CT molecular complexity index is 1250. The summed E-state index contributed by atoms with van der Waals surface area (Å²) in [7, 11) is 0. The first kappa shape index (κ1) is 33.1. The van der Waals surface area contributed by atoms with E-state index in [1.54, 1.807) is 0 Å². The van der Waals surface area contributed by atoms with Crippen LogP contribution in [0.4, 0.5) is 0 Å². The van der Waals surface area contributed by atoms with Crippen molar-refractivity contribution < 1.29 is 67.7 Å². The van der Waals surface area contributed by atoms with E-state index in [4.69, 9.17) is 40.0 Å². The van der Waals surface area contributed by atoms with Gasteiger partial charge in [-0.2, -0.15) is 0 Å². The highest BCUT2D eigenvalue weighted by Gasteiger charge is 2.76. The lowest BCUT2D eigenvalue weighted by molar-refractivity contribution is -0.291. The largest absolute Gasteiger partial charge is 0.462 e. The van der Waals surface area contributed by atoms with Crippen molar-refractivity contribution in [2.75, 3.05) is 6.61 Å². The minimum absolute atomic E-state index is 0.00200. The van der Waals surface area contributed by atoms with Gasteiger partial charge in [0.2, 0.25) is 0 Å². The van der Waals surface area contributed by atoms with Crippen molar-refractivity contribution in [3.63, 3.8) is 0 Å². The highest BCUT2D eigenvalue weighted by atomic mass is 35.5. The zero-order chi connectivity index (χ0) is 32.4. The van der Waals surface area contributed by atoms with Crippen molar-refractivity contribution in [3.05, 3.63) is 10.6 Å². The van der Waals surface area contributed by atoms with Gasteiger partial charge in [0.15, 0.2) is 11.7 Å². The van der Waals surface area contributed by atoms with E-state index in [9.17, 15) is 39.3 Å². The maximum atomic E-state index is 13.1. The van der Waals surface area contributed by atoms with E-state index in [1.165, 1.54) is 20.8 Å². The number of ether oxygens (including phenoxy) is 6. The SMILES string of the molecule is CC(=O)O[C@H]1C[C@@H](OC(C)=O)[C@@](C)(O)[C@@H]2[C@H](OC(C)=O)[C@]3(O)[C@@H](C)C(=O)O[C@H]3/C(Cl)=C(/CO)[C@H]3O[C@H]3[C@H](OC(C)=O)[C@@]12C. The van der Waals surface area contributed by atoms with Gasteiger partial charge in [-0.3, -0.25) is 24.0 Å². The lowest BCUT2D eigenvalue weighted by Gasteiger charge is -2.60. The molecule has 2 aliphatic heterocycles. The summed E-state index contributed by atoms with van der Waals surface area (Å²) < 4.78 is 34.2. The van der Waals surface area contributed by atoms with E-state index in [1.807, 2.05) is 0 Å². The van der Waals surface area contributed by atoms with E-state index in [0.29, 0.717) is 0 Å². The topological polar surface area (TPSA) is 205 Å². The van der Waals surface area contributed by atoms with E-state index in [0.717, 1.165) is 27.7 Å². The monoisotopic (exact) mass is 632 g/mol. The number of rotatable bonds is 5. The van der Waals surface area contributed by atoms with Crippen LogP contribution in [0.3, 0.4) is 0 Å². The summed E-state index contributed by atoms with van der Waals surface area (Å²) >= 11 is 6.71. The van der Waals surface area contributed by atoms with Crippen molar-refractivity contribution in [2.45, 2.75) is 109 Å². The third kappa shape index (κ3) is 5.30. The van der Waals surface area contributed by atoms with Crippen LogP contribution in [0.25, 0.3) is 0 Å². The Morgan fingerprint density at radius 1 is 0.907 bits per heavy atom. The number of aliphatic hydroxyl groups is 3. The molecule has 14 nitrogen and oxygen atoms in total. The zero-order valence-corrected chi connectivity index (χ0v) is 25.6. The summed E-state index contributed by atoms with van der Waals surface area (Å²) in [6, 6.07) is 0. The molecule has 4 rings (SSSR count). The molecule has 15 heteroatoms. The lowest BCUT2D eigenvalue weighted by atomic mass is 9.51. The van der Waals surface area contributed by atoms with Crippen molar-refractivity contribution in [3.8, 4) is 0 Å². The van der Waals surface area contributed by atoms with Gasteiger partial charge in [0, 0.05) is 45.6 Å². The number of carbonyl (C=O) groups excluding carboxylic acids is 5. The van der Waals surface area contributed by atoms with Crippen LogP contribution in [0.2, 0.25) is 0 Å². The fourth-order valence-corrected chi connectivity index (χ4v) is 7.66. The molecule has 3 fully saturated rings. The summed E-state index contributed by atoms with van der Waals surface area (Å²) in [4.78, 5) is 63.0. The van der Waals surface area contributed by atoms with Crippen LogP contribution in [-0.4, -0.2) is 106 Å². The molecule has 2 saturated heterocycles. The molecular formula is C28H37ClO14. The molecule has 240 valence electrons. The number of esters is 5. The van der Waals surface area contributed by atoms with E-state index < -0.39 is 108 Å². The molecule has 0 amide bonds. The van der Waals surface area contributed by atoms with Gasteiger partial charge < -0.3 is 43.7 Å². The molecule has 0 unspecified atom stereocenters. The smallest absolute Gasteiger partial charge is 0.312 e. The normalized spacial score (nSPS) is 45.4. The molecule has 0 aromatic heterocycles. The van der Waals surface area contributed by atoms with Gasteiger partial charge in [-0.25, -0.2) is 0 Å². The van der Waals surface area contributed by atoms with E-state index >= 15 is 0 Å². The van der Waals surface area contributed by atoms with E-state index in [-0.39, 0.29) is 17.0 Å². The molecule has 0 aromatic rings. The maximum Gasteiger partial charge on any atom is 0.312 e. The lowest BCUT2D eigenvalue weighted by Crippen LogP contribution is -2.75. The van der Waals surface area contributed by atoms with Crippen LogP contribution < -0.4 is 0 Å². The summed E-state index contributed by atoms with van der Waals surface area (Å²) in [5.74, 6) is -7.34. The molecular weight excluding hydrogens is 596 g/mol. The Labute approximate surface area is 252 Å². The summed E-state index contributed by atoms with van der Waals surface area (Å²) in [5, 5.41) is 34.9. The van der Waals surface area contributed by atoms with Crippen LogP contribution in [0.15, 0.2) is 10.6 Å². The Morgan fingerprint density at radius 2 is 1.42 bits per heavy atom. The summed E-state index contributed by atoms with van der Waals surface area (Å²) in [5.41, 5.74) is -6.53. The van der Waals surface area contributed by atoms with Crippen LogP contribution in [0, 0.1) is 17.3 Å². The summed E-state index contributed by atoms with van der Waals surface area (Å²) in [6.45, 7) is 7.70. The van der Waals surface area contributed by atoms with Crippen LogP contribution >= 0.6 is 11.6 Å². The maximum absolute atomic E-state index is 13.1. The predicted octanol–water partition coefficient (Wildman–Crippen LogP) is 0.0492. The van der Waals surface area contributed by atoms with Gasteiger partial charge in [-0.1, -0.05) is 18.5 Å². The average molecular weight is 633 g/mol. The standard InChI is InChI=1S/C28H37ClO14/c1-10-25(35)43-22-18(29)15(9-30)19-20(42-19)23(40-13(4)33)26(6)16(38-11(2)31)8-17(39-12(3)32)27(7,36)21(26)24(28(10,22)37)41-14(5)34/h10,16-17,19-24,30,36-37H,8-9H2,1-7H3/b18-15+/t10-,16-,17+,19+,20+,21+,22-,23-,24-,26-,27+,28-/m0/s1. The number of fused-ring (bicyclic) bond motifs is 3. The quantitative estimate of drug-likeness (QED) is 0.208. The van der Waals surface area contributed by atoms with Gasteiger partial charge in [-0.15, -0.1) is 0 Å². The van der Waals surface area contributed by atoms with Crippen molar-refractivity contribution in [1.82, 2.24) is 0 Å². The summed E-state index contributed by atoms with van der Waals surface area (Å²) in [6.07, 6.45) is -10.1. The van der Waals surface area contributed by atoms with Gasteiger partial charge in [-0.05, 0) is 13.8 Å². The molecule has 2 heterocycles. The van der Waals surface area contributed by atoms with Crippen molar-refractivity contribution in [2.24, 2.45) is 17.3 Å². The average Bonchev–Trinajstić information content (AvgIpc) is 3.61. The number of halogens is 1. The van der Waals surface area contributed by atoms with Crippen LogP contribution in [-0.2, 0) is 52.4 Å². The molecule has 0 radical (unpaired) electrons. The molecule has 12 atom stereocenters. The molecule has 43 heavy (non-hydrogen) atoms. The molecule has 4 aliphatic rings. The second kappa shape index (κ2) is 11.3. The van der Waals surface area contributed by atoms with E-state index in [2.05, 4.69) is 0 Å². The third-order valence-electron chi connectivity index (χ3n) is 9.22. The second-order valence-electron chi connectivity index (χ2n) is 12.0. The Morgan fingerprint density at radius 3 is 1.93 bits per heavy atom. The minimum Gasteiger partial charge on any atom is -0.462 e. The molecule has 3 N–H and O–H groups in total. The van der Waals surface area contributed by atoms with Crippen molar-refractivity contribution >= 4 is 41.4 Å². The highest BCUT2D eigenvalue weighted by molar-refractivity contribution is 6.31. The van der Waals surface area contributed by atoms with Gasteiger partial charge in [0.25, 0.3) is 0 Å². The molecule has 2 aliphatic carbocycles. The molecule has 0 aromatic carbocycles. The first-order valence-electron chi connectivity index (χ1n) is 13.8. The van der Waals surface area contributed by atoms with Gasteiger partial charge >= 0.3 is 29.8 Å². The minimum atomic E-state index is -2.53. The Hall–Kier alpha value is -2.78. The number of hydrogen-bond acceptors (Lipinski definition) is 14. The third-order valence-corrected chi connectivity index (χ3v) is 9.66. The highest BCUT2D eigenvalue weighted by Crippen LogP contribution is 2.61. The second-order valence-corrected chi connectivity index (χ2v) is 12.4. The predicted molar refractivity (Wildman–Crippen MR) is 142 cm³/mol. The fraction of sp³-hybridized carbons (Fsp3) is 0.750. The van der Waals surface area contributed by atoms with Gasteiger partial charge in [0.05, 0.1) is 23.0 Å². The Balaban J connectivity index is 2.14. The Kier molecular flexibility index (Phi) is 8.70. The number of hydrogen-bond donors (Lipinski definition) is 3. The van der Waals surface area contributed by atoms with Gasteiger partial charge in [0.1, 0.15) is 42.2 Å². The van der Waals surface area contributed by atoms with Crippen LogP contribution in [0.5, 0.6) is 0 Å². The van der Waals surface area contributed by atoms with Crippen molar-refractivity contribution in [1.29, 1.82) is 0 Å². The first-order valence-corrected chi connectivity index (χ1v) is 14.2. The fourth-order valence-electron chi connectivity index (χ4n) is 7.27. The van der Waals surface area contributed by atoms with Crippen LogP contribution in [0.1, 0.15) is 54.9 Å². The number of aliphatic hydroxyl groups excluding tert-OH is 1. The number of epoxide rings is 1. The number of carbonyl (C=O) groups is 5.